The lowest BCUT2D eigenvalue weighted by Gasteiger charge is -2.36. The van der Waals surface area contributed by atoms with Gasteiger partial charge in [0.1, 0.15) is 6.73 Å². The fraction of sp³-hybridized carbons (Fsp3) is 0.143. The summed E-state index contributed by atoms with van der Waals surface area (Å²) in [5.41, 5.74) is 2.90. The molecule has 3 nitrogen and oxygen atoms in total. The van der Waals surface area contributed by atoms with Crippen LogP contribution >= 0.6 is 0 Å². The number of hydrogen-bond donors (Lipinski definition) is 1. The molecule has 3 rings (SSSR count). The Morgan fingerprint density at radius 3 is 1.38 bits per heavy atom. The summed E-state index contributed by atoms with van der Waals surface area (Å²) in [4.78, 5) is 9.92. The Morgan fingerprint density at radius 2 is 1.04 bits per heavy atom. The first-order valence-corrected chi connectivity index (χ1v) is 7.95. The Bertz CT molecular complexity index is 633. The molecular weight excluding hydrogens is 298 g/mol. The normalized spacial score (nSPS) is 11.4. The summed E-state index contributed by atoms with van der Waals surface area (Å²) < 4.78 is 0. The molecule has 0 bridgehead atoms. The van der Waals surface area contributed by atoms with Crippen LogP contribution in [0.3, 0.4) is 0 Å². The maximum Gasteiger partial charge on any atom is 0.134 e. The topological polar surface area (TPSA) is 30.5 Å². The molecule has 0 radical (unpaired) electrons. The maximum absolute atomic E-state index is 5.14. The summed E-state index contributed by atoms with van der Waals surface area (Å²) >= 11 is 0. The minimum atomic E-state index is -0.525. The molecule has 0 saturated heterocycles. The van der Waals surface area contributed by atoms with Gasteiger partial charge in [0.15, 0.2) is 0 Å². The molecule has 122 valence electrons. The van der Waals surface area contributed by atoms with Crippen molar-refractivity contribution < 1.29 is 9.78 Å². The van der Waals surface area contributed by atoms with Crippen molar-refractivity contribution in [2.24, 2.45) is 0 Å². The van der Waals surface area contributed by atoms with Gasteiger partial charge in [-0.3, -0.25) is 5.32 Å². The molecule has 0 fully saturated rings. The lowest BCUT2D eigenvalue weighted by Crippen LogP contribution is -2.45. The second-order valence-corrected chi connectivity index (χ2v) is 5.45. The van der Waals surface area contributed by atoms with E-state index in [1.165, 1.54) is 7.11 Å². The number of rotatable bonds is 7. The number of benzene rings is 3. The van der Waals surface area contributed by atoms with Gasteiger partial charge in [0.05, 0.1) is 12.6 Å². The summed E-state index contributed by atoms with van der Waals surface area (Å²) in [6.45, 7) is 0.259. The van der Waals surface area contributed by atoms with Crippen LogP contribution in [-0.4, -0.2) is 13.8 Å². The fourth-order valence-corrected chi connectivity index (χ4v) is 3.07. The Morgan fingerprint density at radius 1 is 0.667 bits per heavy atom. The monoisotopic (exact) mass is 319 g/mol. The molecule has 0 aliphatic rings. The average molecular weight is 319 g/mol. The van der Waals surface area contributed by atoms with Crippen molar-refractivity contribution >= 4 is 0 Å². The van der Waals surface area contributed by atoms with E-state index in [0.717, 1.165) is 16.7 Å². The standard InChI is InChI=1S/C21H21NO2/c1-23-24-17-22-21(18-11-5-2-6-12-18,19-13-7-3-8-14-19)20-15-9-4-10-16-20/h2-16,22H,17H2,1H3. The average Bonchev–Trinajstić information content (AvgIpc) is 2.68. The van der Waals surface area contributed by atoms with Crippen molar-refractivity contribution in [1.29, 1.82) is 0 Å². The smallest absolute Gasteiger partial charge is 0.134 e. The first kappa shape index (κ1) is 16.4. The number of nitrogens with one attached hydrogen (secondary N) is 1. The minimum absolute atomic E-state index is 0.259. The molecule has 0 heterocycles. The highest BCUT2D eigenvalue weighted by Gasteiger charge is 2.35. The molecule has 0 saturated carbocycles. The van der Waals surface area contributed by atoms with Crippen LogP contribution in [0.25, 0.3) is 0 Å². The quantitative estimate of drug-likeness (QED) is 0.234. The van der Waals surface area contributed by atoms with Crippen LogP contribution in [-0.2, 0) is 15.3 Å². The van der Waals surface area contributed by atoms with Gasteiger partial charge in [-0.05, 0) is 16.7 Å². The molecule has 0 aliphatic carbocycles. The molecular formula is C21H21NO2. The molecule has 1 N–H and O–H groups in total. The summed E-state index contributed by atoms with van der Waals surface area (Å²) in [5, 5.41) is 3.54. The van der Waals surface area contributed by atoms with Gasteiger partial charge in [0.2, 0.25) is 0 Å². The highest BCUT2D eigenvalue weighted by Crippen LogP contribution is 2.36. The predicted molar refractivity (Wildman–Crippen MR) is 95.3 cm³/mol. The summed E-state index contributed by atoms with van der Waals surface area (Å²) in [7, 11) is 1.51. The number of hydrogen-bond acceptors (Lipinski definition) is 3. The van der Waals surface area contributed by atoms with E-state index >= 15 is 0 Å². The van der Waals surface area contributed by atoms with Crippen molar-refractivity contribution in [3.8, 4) is 0 Å². The Labute approximate surface area is 142 Å². The molecule has 0 aliphatic heterocycles. The maximum atomic E-state index is 5.14. The van der Waals surface area contributed by atoms with E-state index in [-0.39, 0.29) is 6.73 Å². The van der Waals surface area contributed by atoms with Crippen LogP contribution in [0.1, 0.15) is 16.7 Å². The molecule has 0 atom stereocenters. The van der Waals surface area contributed by atoms with E-state index in [2.05, 4.69) is 78.1 Å². The van der Waals surface area contributed by atoms with E-state index in [1.54, 1.807) is 0 Å². The van der Waals surface area contributed by atoms with Gasteiger partial charge in [-0.2, -0.15) is 0 Å². The van der Waals surface area contributed by atoms with Crippen LogP contribution in [0.5, 0.6) is 0 Å². The van der Waals surface area contributed by atoms with Crippen molar-refractivity contribution in [1.82, 2.24) is 5.32 Å². The van der Waals surface area contributed by atoms with Crippen LogP contribution < -0.4 is 5.32 Å². The Balaban J connectivity index is 2.20. The van der Waals surface area contributed by atoms with Gasteiger partial charge < -0.3 is 0 Å². The highest BCUT2D eigenvalue weighted by atomic mass is 17.2. The lowest BCUT2D eigenvalue weighted by molar-refractivity contribution is -0.278. The van der Waals surface area contributed by atoms with Crippen molar-refractivity contribution in [3.63, 3.8) is 0 Å². The van der Waals surface area contributed by atoms with Gasteiger partial charge in [-0.1, -0.05) is 91.0 Å². The van der Waals surface area contributed by atoms with Crippen molar-refractivity contribution in [3.05, 3.63) is 108 Å². The molecule has 0 aromatic heterocycles. The van der Waals surface area contributed by atoms with E-state index in [9.17, 15) is 0 Å². The first-order valence-electron chi connectivity index (χ1n) is 7.95. The summed E-state index contributed by atoms with van der Waals surface area (Å²) in [6, 6.07) is 31.1. The molecule has 3 aromatic carbocycles. The molecule has 24 heavy (non-hydrogen) atoms. The minimum Gasteiger partial charge on any atom is -0.275 e. The summed E-state index contributed by atoms with van der Waals surface area (Å²) in [5.74, 6) is 0. The zero-order chi connectivity index (χ0) is 16.7. The van der Waals surface area contributed by atoms with E-state index in [0.29, 0.717) is 0 Å². The van der Waals surface area contributed by atoms with Crippen LogP contribution in [0, 0.1) is 0 Å². The lowest BCUT2D eigenvalue weighted by atomic mass is 9.77. The molecule has 0 amide bonds. The van der Waals surface area contributed by atoms with E-state index in [1.807, 2.05) is 18.2 Å². The van der Waals surface area contributed by atoms with Crippen LogP contribution in [0.15, 0.2) is 91.0 Å². The molecule has 3 aromatic rings. The Hall–Kier alpha value is -2.46. The third-order valence-electron chi connectivity index (χ3n) is 4.13. The third-order valence-corrected chi connectivity index (χ3v) is 4.13. The van der Waals surface area contributed by atoms with Gasteiger partial charge in [-0.15, -0.1) is 0 Å². The van der Waals surface area contributed by atoms with Crippen molar-refractivity contribution in [2.75, 3.05) is 13.8 Å². The van der Waals surface area contributed by atoms with Gasteiger partial charge >= 0.3 is 0 Å². The Kier molecular flexibility index (Phi) is 5.39. The van der Waals surface area contributed by atoms with Crippen LogP contribution in [0.4, 0.5) is 0 Å². The van der Waals surface area contributed by atoms with Gasteiger partial charge in [0, 0.05) is 0 Å². The zero-order valence-corrected chi connectivity index (χ0v) is 13.7. The first-order chi connectivity index (χ1) is 11.9. The van der Waals surface area contributed by atoms with Gasteiger partial charge in [0.25, 0.3) is 0 Å². The molecule has 3 heteroatoms. The third kappa shape index (κ3) is 3.24. The van der Waals surface area contributed by atoms with Gasteiger partial charge in [-0.25, -0.2) is 9.78 Å². The van der Waals surface area contributed by atoms with Crippen LogP contribution in [0.2, 0.25) is 0 Å². The van der Waals surface area contributed by atoms with E-state index in [4.69, 9.17) is 9.78 Å². The molecule has 0 spiro atoms. The SMILES string of the molecule is COOCNC(c1ccccc1)(c1ccccc1)c1ccccc1. The molecule has 0 unspecified atom stereocenters. The second-order valence-electron chi connectivity index (χ2n) is 5.45. The summed E-state index contributed by atoms with van der Waals surface area (Å²) in [6.07, 6.45) is 0. The largest absolute Gasteiger partial charge is 0.275 e. The zero-order valence-electron chi connectivity index (χ0n) is 13.7. The van der Waals surface area contributed by atoms with Crippen molar-refractivity contribution in [2.45, 2.75) is 5.54 Å². The fourth-order valence-electron chi connectivity index (χ4n) is 3.07. The predicted octanol–water partition coefficient (Wildman–Crippen LogP) is 4.10. The highest BCUT2D eigenvalue weighted by molar-refractivity contribution is 5.49. The van der Waals surface area contributed by atoms with E-state index < -0.39 is 5.54 Å². The second kappa shape index (κ2) is 7.88.